The van der Waals surface area contributed by atoms with Gasteiger partial charge in [-0.3, -0.25) is 18.6 Å². The van der Waals surface area contributed by atoms with Gasteiger partial charge in [-0.25, -0.2) is 4.57 Å². The molecule has 1 saturated heterocycles. The molecule has 0 aromatic rings. The van der Waals surface area contributed by atoms with Gasteiger partial charge in [0, 0.05) is 12.8 Å². The average Bonchev–Trinajstić information content (AvgIpc) is 4.06. The number of phosphoric ester groups is 1. The number of aliphatic hydroxyl groups is 5. The Balaban J connectivity index is 1.74. The van der Waals surface area contributed by atoms with E-state index in [0.717, 1.165) is 77.0 Å². The Hall–Kier alpha value is -3.27. The fraction of sp³-hybridized carbons (Fsp3) is 0.647. The smallest absolute Gasteiger partial charge is 0.462 e. The van der Waals surface area contributed by atoms with Crippen LogP contribution in [0.2, 0.25) is 0 Å². The molecule has 1 heterocycles. The van der Waals surface area contributed by atoms with E-state index in [1.807, 2.05) is 12.2 Å². The van der Waals surface area contributed by atoms with Crippen LogP contribution >= 0.6 is 7.82 Å². The minimum Gasteiger partial charge on any atom is -0.462 e. The number of unbranched alkanes of at least 4 members (excludes halogenated alkanes) is 7. The first kappa shape index (κ1) is 58.9. The first-order chi connectivity index (χ1) is 31.9. The van der Waals surface area contributed by atoms with Crippen molar-refractivity contribution >= 4 is 19.8 Å². The number of phosphoric acid groups is 1. The number of carbonyl (C=O) groups is 2. The molecule has 66 heavy (non-hydrogen) atoms. The molecule has 0 bridgehead atoms. The quantitative estimate of drug-likeness (QED) is 0.0113. The molecule has 2 fully saturated rings. The van der Waals surface area contributed by atoms with Gasteiger partial charge >= 0.3 is 19.8 Å². The summed E-state index contributed by atoms with van der Waals surface area (Å²) in [5, 5.41) is 50.2. The van der Waals surface area contributed by atoms with E-state index in [-0.39, 0.29) is 18.9 Å². The first-order valence-corrected chi connectivity index (χ1v) is 25.7. The van der Waals surface area contributed by atoms with Gasteiger partial charge in [-0.05, 0) is 96.3 Å². The van der Waals surface area contributed by atoms with Crippen LogP contribution < -0.4 is 0 Å². The van der Waals surface area contributed by atoms with Crippen molar-refractivity contribution in [1.82, 2.24) is 0 Å². The highest BCUT2D eigenvalue weighted by Gasteiger charge is 2.51. The van der Waals surface area contributed by atoms with Crippen LogP contribution in [0.5, 0.6) is 0 Å². The van der Waals surface area contributed by atoms with Crippen LogP contribution in [0.4, 0.5) is 0 Å². The second-order valence-corrected chi connectivity index (χ2v) is 18.0. The summed E-state index contributed by atoms with van der Waals surface area (Å²) in [6.45, 7) is 3.06. The summed E-state index contributed by atoms with van der Waals surface area (Å²) in [5.41, 5.74) is 0. The molecule has 1 saturated carbocycles. The summed E-state index contributed by atoms with van der Waals surface area (Å²) in [6.07, 6.45) is 37.7. The maximum atomic E-state index is 12.8. The van der Waals surface area contributed by atoms with Crippen molar-refractivity contribution in [2.24, 2.45) is 0 Å². The summed E-state index contributed by atoms with van der Waals surface area (Å²) in [6, 6.07) is 0. The van der Waals surface area contributed by atoms with E-state index in [1.165, 1.54) is 19.3 Å². The molecule has 0 radical (unpaired) electrons. The lowest BCUT2D eigenvalue weighted by Gasteiger charge is -2.41. The van der Waals surface area contributed by atoms with Crippen molar-refractivity contribution in [3.63, 3.8) is 0 Å². The van der Waals surface area contributed by atoms with Crippen molar-refractivity contribution in [3.05, 3.63) is 97.2 Å². The fourth-order valence-corrected chi connectivity index (χ4v) is 7.79. The van der Waals surface area contributed by atoms with E-state index in [2.05, 4.69) is 98.9 Å². The molecule has 2 aliphatic rings. The highest BCUT2D eigenvalue weighted by molar-refractivity contribution is 7.47. The number of rotatable bonds is 37. The van der Waals surface area contributed by atoms with Crippen LogP contribution in [0.15, 0.2) is 97.2 Å². The van der Waals surface area contributed by atoms with E-state index in [1.54, 1.807) is 0 Å². The van der Waals surface area contributed by atoms with Gasteiger partial charge in [-0.2, -0.15) is 0 Å². The van der Waals surface area contributed by atoms with Gasteiger partial charge in [-0.1, -0.05) is 130 Å². The minimum atomic E-state index is -5.15. The Morgan fingerprint density at radius 1 is 0.545 bits per heavy atom. The van der Waals surface area contributed by atoms with E-state index in [4.69, 9.17) is 23.3 Å². The lowest BCUT2D eigenvalue weighted by Crippen LogP contribution is -2.64. The highest BCUT2D eigenvalue weighted by atomic mass is 31.2. The van der Waals surface area contributed by atoms with Crippen LogP contribution in [-0.4, -0.2) is 111 Å². The van der Waals surface area contributed by atoms with Crippen LogP contribution in [0.25, 0.3) is 0 Å². The molecular weight excluding hydrogens is 868 g/mol. The molecule has 6 N–H and O–H groups in total. The Labute approximate surface area is 394 Å². The molecule has 2 rings (SSSR count). The standard InChI is InChI=1S/C51H81O14P/c1-3-5-7-9-11-12-13-14-15-16-17-18-19-20-21-22-25-30-34-38-45(53)63-41(40-62-66(59,60)65-51-49(57)47(55)46(54)48(56)50(51)58)39-61-44(52)37-33-29-26-23-24-28-32-36-43-42(64-43)35-31-27-10-8-6-4-2/h5,7,11-12,14-15,17-18,20-21,23,26-28,31-32,41-43,46-51,54-58H,3-4,6,8-10,13,16,19,22,24-25,29-30,33-40H2,1-2H3,(H,59,60)/b7-5-,12-11-,15-14-,18-17-,21-20-,26-23-,31-27-,32-28-/t41-,42?,43?,46?,47-,48+,49-,50-,51?/m1/s1. The maximum absolute atomic E-state index is 12.8. The van der Waals surface area contributed by atoms with Crippen molar-refractivity contribution < 1.29 is 67.8 Å². The van der Waals surface area contributed by atoms with Crippen molar-refractivity contribution in [3.8, 4) is 0 Å². The third-order valence-electron chi connectivity index (χ3n) is 10.8. The van der Waals surface area contributed by atoms with Gasteiger partial charge < -0.3 is 44.6 Å². The Bertz CT molecular complexity index is 1590. The van der Waals surface area contributed by atoms with Crippen molar-refractivity contribution in [2.45, 2.75) is 197 Å². The lowest BCUT2D eigenvalue weighted by molar-refractivity contribution is -0.220. The highest BCUT2D eigenvalue weighted by Crippen LogP contribution is 2.47. The third kappa shape index (κ3) is 28.2. The zero-order valence-electron chi connectivity index (χ0n) is 39.4. The lowest BCUT2D eigenvalue weighted by atomic mass is 9.85. The number of epoxide rings is 1. The van der Waals surface area contributed by atoms with Gasteiger partial charge in [0.25, 0.3) is 0 Å². The van der Waals surface area contributed by atoms with Gasteiger partial charge in [0.2, 0.25) is 0 Å². The molecule has 0 amide bonds. The SMILES string of the molecule is CC/C=C\C/C=C\C/C=C\C/C=C\C/C=C\CCCCCC(=O)O[C@H](COC(=O)CCC/C=C\C/C=C\CC1OC1C/C=C\CCCCC)COP(=O)(O)OC1[C@H](O)[C@H](O)C(O)[C@H](O)[C@H]1O. The largest absolute Gasteiger partial charge is 0.472 e. The number of allylic oxidation sites excluding steroid dienone is 14. The molecule has 10 atom stereocenters. The number of carbonyl (C=O) groups excluding carboxylic acids is 2. The van der Waals surface area contributed by atoms with E-state index >= 15 is 0 Å². The van der Waals surface area contributed by atoms with Crippen LogP contribution in [0, 0.1) is 0 Å². The number of esters is 2. The molecule has 15 heteroatoms. The molecule has 1 aliphatic heterocycles. The Morgan fingerprint density at radius 3 is 1.56 bits per heavy atom. The summed E-state index contributed by atoms with van der Waals surface area (Å²) in [4.78, 5) is 35.8. The molecular formula is C51H81O14P. The predicted octanol–water partition coefficient (Wildman–Crippen LogP) is 8.82. The van der Waals surface area contributed by atoms with Crippen LogP contribution in [0.1, 0.15) is 142 Å². The predicted molar refractivity (Wildman–Crippen MR) is 257 cm³/mol. The fourth-order valence-electron chi connectivity index (χ4n) is 6.82. The van der Waals surface area contributed by atoms with E-state index in [0.29, 0.717) is 25.4 Å². The summed E-state index contributed by atoms with van der Waals surface area (Å²) >= 11 is 0. The summed E-state index contributed by atoms with van der Waals surface area (Å²) in [5.74, 6) is -1.22. The van der Waals surface area contributed by atoms with Gasteiger partial charge in [0.1, 0.15) is 43.2 Å². The van der Waals surface area contributed by atoms with E-state index < -0.39 is 75.7 Å². The molecule has 0 aromatic heterocycles. The molecule has 14 nitrogen and oxygen atoms in total. The van der Waals surface area contributed by atoms with Gasteiger partial charge in [0.05, 0.1) is 18.8 Å². The average molecular weight is 949 g/mol. The van der Waals surface area contributed by atoms with Crippen LogP contribution in [0.3, 0.4) is 0 Å². The number of aliphatic hydroxyl groups excluding tert-OH is 5. The molecule has 0 spiro atoms. The van der Waals surface area contributed by atoms with Gasteiger partial charge in [0.15, 0.2) is 6.10 Å². The molecule has 374 valence electrons. The third-order valence-corrected chi connectivity index (χ3v) is 11.8. The maximum Gasteiger partial charge on any atom is 0.472 e. The van der Waals surface area contributed by atoms with Gasteiger partial charge in [-0.15, -0.1) is 0 Å². The zero-order valence-corrected chi connectivity index (χ0v) is 40.3. The van der Waals surface area contributed by atoms with E-state index in [9.17, 15) is 44.6 Å². The normalized spacial score (nSPS) is 25.2. The Kier molecular flexibility index (Phi) is 32.8. The van der Waals surface area contributed by atoms with Crippen molar-refractivity contribution in [1.29, 1.82) is 0 Å². The topological polar surface area (TPSA) is 222 Å². The number of hydrogen-bond acceptors (Lipinski definition) is 13. The monoisotopic (exact) mass is 949 g/mol. The minimum absolute atomic E-state index is 0.0369. The second-order valence-electron chi connectivity index (χ2n) is 16.6. The molecule has 5 unspecified atom stereocenters. The molecule has 0 aromatic carbocycles. The summed E-state index contributed by atoms with van der Waals surface area (Å²) < 4.78 is 39.2. The van der Waals surface area contributed by atoms with Crippen LogP contribution in [-0.2, 0) is 37.4 Å². The van der Waals surface area contributed by atoms with Crippen molar-refractivity contribution in [2.75, 3.05) is 13.2 Å². The zero-order chi connectivity index (χ0) is 48.3. The number of ether oxygens (including phenoxy) is 3. The first-order valence-electron chi connectivity index (χ1n) is 24.2. The summed E-state index contributed by atoms with van der Waals surface area (Å²) in [7, 11) is -5.15. The molecule has 1 aliphatic carbocycles. The number of hydrogen-bond donors (Lipinski definition) is 6. The Morgan fingerprint density at radius 2 is 1.00 bits per heavy atom. The second kappa shape index (κ2) is 36.7.